The van der Waals surface area contributed by atoms with E-state index in [4.69, 9.17) is 21.1 Å². The number of halogens is 1. The molecule has 1 unspecified atom stereocenters. The van der Waals surface area contributed by atoms with E-state index in [0.717, 1.165) is 24.3 Å². The van der Waals surface area contributed by atoms with Gasteiger partial charge in [-0.05, 0) is 30.4 Å². The van der Waals surface area contributed by atoms with Crippen LogP contribution in [0.1, 0.15) is 18.9 Å². The average Bonchev–Trinajstić information content (AvgIpc) is 2.42. The summed E-state index contributed by atoms with van der Waals surface area (Å²) in [4.78, 5) is 0. The minimum absolute atomic E-state index is 0.516. The summed E-state index contributed by atoms with van der Waals surface area (Å²) in [6.07, 6.45) is 3.24. The van der Waals surface area contributed by atoms with E-state index in [1.54, 1.807) is 14.2 Å². The smallest absolute Gasteiger partial charge is 0.179 e. The van der Waals surface area contributed by atoms with Crippen LogP contribution in [0.4, 0.5) is 0 Å². The Morgan fingerprint density at radius 2 is 2.05 bits per heavy atom. The van der Waals surface area contributed by atoms with Crippen LogP contribution in [-0.4, -0.2) is 32.3 Å². The van der Waals surface area contributed by atoms with Crippen molar-refractivity contribution in [2.45, 2.75) is 25.9 Å². The predicted octanol–water partition coefficient (Wildman–Crippen LogP) is 3.59. The van der Waals surface area contributed by atoms with Gasteiger partial charge in [-0.15, -0.1) is 0 Å². The monoisotopic (exact) mass is 303 g/mol. The maximum Gasteiger partial charge on any atom is 0.179 e. The SMILES string of the molecule is CCC(CSC)NCc1cc(Cl)c(OC)c(OC)c1. The summed E-state index contributed by atoms with van der Waals surface area (Å²) in [5.41, 5.74) is 1.10. The van der Waals surface area contributed by atoms with Gasteiger partial charge in [-0.25, -0.2) is 0 Å². The molecule has 1 aromatic rings. The normalized spacial score (nSPS) is 12.3. The Hall–Kier alpha value is -0.580. The fraction of sp³-hybridized carbons (Fsp3) is 0.571. The first-order chi connectivity index (χ1) is 9.15. The summed E-state index contributed by atoms with van der Waals surface area (Å²) < 4.78 is 10.5. The number of rotatable bonds is 8. The van der Waals surface area contributed by atoms with Crippen molar-refractivity contribution < 1.29 is 9.47 Å². The lowest BCUT2D eigenvalue weighted by Crippen LogP contribution is -2.30. The molecule has 1 N–H and O–H groups in total. The minimum atomic E-state index is 0.516. The van der Waals surface area contributed by atoms with Gasteiger partial charge in [0, 0.05) is 18.3 Å². The van der Waals surface area contributed by atoms with Crippen LogP contribution in [0, 0.1) is 0 Å². The summed E-state index contributed by atoms with van der Waals surface area (Å²) in [5.74, 6) is 2.37. The zero-order valence-corrected chi connectivity index (χ0v) is 13.5. The van der Waals surface area contributed by atoms with E-state index in [2.05, 4.69) is 18.5 Å². The number of ether oxygens (including phenoxy) is 2. The van der Waals surface area contributed by atoms with Gasteiger partial charge in [0.25, 0.3) is 0 Å². The van der Waals surface area contributed by atoms with Crippen LogP contribution in [-0.2, 0) is 6.54 Å². The molecule has 0 bridgehead atoms. The van der Waals surface area contributed by atoms with Crippen LogP contribution >= 0.6 is 23.4 Å². The highest BCUT2D eigenvalue weighted by molar-refractivity contribution is 7.98. The van der Waals surface area contributed by atoms with Crippen molar-refractivity contribution in [2.24, 2.45) is 0 Å². The van der Waals surface area contributed by atoms with E-state index in [0.29, 0.717) is 22.6 Å². The first-order valence-corrected chi connectivity index (χ1v) is 8.06. The van der Waals surface area contributed by atoms with Crippen LogP contribution in [0.25, 0.3) is 0 Å². The first-order valence-electron chi connectivity index (χ1n) is 6.28. The summed E-state index contributed by atoms with van der Waals surface area (Å²) in [6.45, 7) is 2.97. The van der Waals surface area contributed by atoms with Gasteiger partial charge >= 0.3 is 0 Å². The molecule has 0 amide bonds. The van der Waals surface area contributed by atoms with Gasteiger partial charge in [-0.2, -0.15) is 11.8 Å². The van der Waals surface area contributed by atoms with Gasteiger partial charge in [0.05, 0.1) is 19.2 Å². The Labute approximate surface area is 125 Å². The van der Waals surface area contributed by atoms with Crippen molar-refractivity contribution in [2.75, 3.05) is 26.2 Å². The molecule has 3 nitrogen and oxygen atoms in total. The summed E-state index contributed by atoms with van der Waals surface area (Å²) >= 11 is 8.04. The van der Waals surface area contributed by atoms with Gasteiger partial charge in [-0.1, -0.05) is 18.5 Å². The van der Waals surface area contributed by atoms with Crippen molar-refractivity contribution in [3.63, 3.8) is 0 Å². The Morgan fingerprint density at radius 1 is 1.32 bits per heavy atom. The lowest BCUT2D eigenvalue weighted by atomic mass is 10.1. The van der Waals surface area contributed by atoms with Crippen LogP contribution in [0.15, 0.2) is 12.1 Å². The Bertz CT molecular complexity index is 401. The molecule has 0 aliphatic heterocycles. The van der Waals surface area contributed by atoms with Crippen LogP contribution < -0.4 is 14.8 Å². The van der Waals surface area contributed by atoms with Gasteiger partial charge in [0.2, 0.25) is 0 Å². The molecule has 0 saturated heterocycles. The number of benzene rings is 1. The van der Waals surface area contributed by atoms with E-state index >= 15 is 0 Å². The largest absolute Gasteiger partial charge is 0.493 e. The zero-order chi connectivity index (χ0) is 14.3. The van der Waals surface area contributed by atoms with Crippen LogP contribution in [0.2, 0.25) is 5.02 Å². The maximum atomic E-state index is 6.19. The van der Waals surface area contributed by atoms with Gasteiger partial charge in [0.15, 0.2) is 11.5 Å². The zero-order valence-electron chi connectivity index (χ0n) is 12.0. The molecule has 108 valence electrons. The Balaban J connectivity index is 2.76. The molecule has 1 atom stereocenters. The second-order valence-electron chi connectivity index (χ2n) is 4.25. The fourth-order valence-corrected chi connectivity index (χ4v) is 2.92. The molecular weight excluding hydrogens is 282 g/mol. The number of methoxy groups -OCH3 is 2. The highest BCUT2D eigenvalue weighted by Gasteiger charge is 2.11. The fourth-order valence-electron chi connectivity index (χ4n) is 1.86. The van der Waals surface area contributed by atoms with Crippen LogP contribution in [0.3, 0.4) is 0 Å². The predicted molar refractivity (Wildman–Crippen MR) is 83.9 cm³/mol. The van der Waals surface area contributed by atoms with E-state index in [1.807, 2.05) is 23.9 Å². The highest BCUT2D eigenvalue weighted by Crippen LogP contribution is 2.35. The average molecular weight is 304 g/mol. The standard InChI is InChI=1S/C14H22ClNO2S/c1-5-11(9-19-4)16-8-10-6-12(15)14(18-3)13(7-10)17-2/h6-7,11,16H,5,8-9H2,1-4H3. The molecule has 0 heterocycles. The van der Waals surface area contributed by atoms with E-state index < -0.39 is 0 Å². The topological polar surface area (TPSA) is 30.5 Å². The van der Waals surface area contributed by atoms with Crippen molar-refractivity contribution in [3.8, 4) is 11.5 Å². The third-order valence-electron chi connectivity index (χ3n) is 2.95. The number of hydrogen-bond acceptors (Lipinski definition) is 4. The molecule has 19 heavy (non-hydrogen) atoms. The highest BCUT2D eigenvalue weighted by atomic mass is 35.5. The summed E-state index contributed by atoms with van der Waals surface area (Å²) in [7, 11) is 3.21. The first kappa shape index (κ1) is 16.5. The maximum absolute atomic E-state index is 6.19. The van der Waals surface area contributed by atoms with Crippen LogP contribution in [0.5, 0.6) is 11.5 Å². The molecule has 0 aromatic heterocycles. The molecule has 0 radical (unpaired) electrons. The lowest BCUT2D eigenvalue weighted by Gasteiger charge is -2.17. The van der Waals surface area contributed by atoms with E-state index in [9.17, 15) is 0 Å². The quantitative estimate of drug-likeness (QED) is 0.795. The van der Waals surface area contributed by atoms with Crippen molar-refractivity contribution in [1.29, 1.82) is 0 Å². The minimum Gasteiger partial charge on any atom is -0.493 e. The molecule has 0 saturated carbocycles. The summed E-state index contributed by atoms with van der Waals surface area (Å²) in [5, 5.41) is 4.11. The number of hydrogen-bond donors (Lipinski definition) is 1. The summed E-state index contributed by atoms with van der Waals surface area (Å²) in [6, 6.07) is 4.40. The molecule has 0 fully saturated rings. The third kappa shape index (κ3) is 4.79. The molecule has 0 aliphatic rings. The molecule has 1 aromatic carbocycles. The second-order valence-corrected chi connectivity index (χ2v) is 5.57. The van der Waals surface area contributed by atoms with Crippen molar-refractivity contribution >= 4 is 23.4 Å². The third-order valence-corrected chi connectivity index (χ3v) is 3.97. The van der Waals surface area contributed by atoms with Gasteiger partial charge < -0.3 is 14.8 Å². The molecule has 5 heteroatoms. The molecule has 1 rings (SSSR count). The van der Waals surface area contributed by atoms with Crippen molar-refractivity contribution in [1.82, 2.24) is 5.32 Å². The van der Waals surface area contributed by atoms with E-state index in [-0.39, 0.29) is 0 Å². The Kier molecular flexibility index (Phi) is 7.42. The number of thioether (sulfide) groups is 1. The van der Waals surface area contributed by atoms with Gasteiger partial charge in [-0.3, -0.25) is 0 Å². The number of nitrogens with one attached hydrogen (secondary N) is 1. The molecule has 0 spiro atoms. The van der Waals surface area contributed by atoms with E-state index in [1.165, 1.54) is 0 Å². The van der Waals surface area contributed by atoms with Crippen molar-refractivity contribution in [3.05, 3.63) is 22.7 Å². The lowest BCUT2D eigenvalue weighted by molar-refractivity contribution is 0.354. The second kappa shape index (κ2) is 8.56. The van der Waals surface area contributed by atoms with Gasteiger partial charge in [0.1, 0.15) is 0 Å². The Morgan fingerprint density at radius 3 is 2.58 bits per heavy atom. The molecule has 0 aliphatic carbocycles. The molecular formula is C14H22ClNO2S.